The third-order valence-electron chi connectivity index (χ3n) is 4.03. The molecule has 0 amide bonds. The van der Waals surface area contributed by atoms with E-state index in [1.165, 1.54) is 6.20 Å². The van der Waals surface area contributed by atoms with Crippen molar-refractivity contribution in [3.63, 3.8) is 0 Å². The normalized spacial score (nSPS) is 18.5. The highest BCUT2D eigenvalue weighted by Crippen LogP contribution is 2.36. The Hall–Kier alpha value is -2.12. The van der Waals surface area contributed by atoms with Gasteiger partial charge in [-0.1, -0.05) is 6.07 Å². The maximum Gasteiger partial charge on any atom is 0.218 e. The lowest BCUT2D eigenvalue weighted by Gasteiger charge is -2.34. The molecule has 22 heavy (non-hydrogen) atoms. The molecular weight excluding hydrogens is 303 g/mol. The second-order valence-corrected chi connectivity index (χ2v) is 6.07. The molecule has 0 radical (unpaired) electrons. The molecule has 1 unspecified atom stereocenters. The zero-order chi connectivity index (χ0) is 15.1. The first-order valence-electron chi connectivity index (χ1n) is 7.02. The summed E-state index contributed by atoms with van der Waals surface area (Å²) in [6, 6.07) is 3.11. The molecule has 3 aromatic heterocycles. The molecule has 0 saturated heterocycles. The van der Waals surface area contributed by atoms with Crippen molar-refractivity contribution in [2.75, 3.05) is 13.1 Å². The van der Waals surface area contributed by atoms with Crippen LogP contribution in [-0.4, -0.2) is 38.6 Å². The van der Waals surface area contributed by atoms with E-state index in [2.05, 4.69) is 9.97 Å². The highest BCUT2D eigenvalue weighted by atomic mass is 32.1. The van der Waals surface area contributed by atoms with E-state index in [9.17, 15) is 9.18 Å². The van der Waals surface area contributed by atoms with E-state index in [0.29, 0.717) is 12.1 Å². The highest BCUT2D eigenvalue weighted by Gasteiger charge is 2.34. The molecule has 4 heterocycles. The second kappa shape index (κ2) is 5.26. The zero-order valence-electron chi connectivity index (χ0n) is 11.6. The van der Waals surface area contributed by atoms with Crippen LogP contribution in [0.3, 0.4) is 0 Å². The number of halogens is 1. The van der Waals surface area contributed by atoms with Gasteiger partial charge >= 0.3 is 0 Å². The molecule has 112 valence electrons. The number of imidazole rings is 1. The van der Waals surface area contributed by atoms with Gasteiger partial charge < -0.3 is 4.79 Å². The fourth-order valence-corrected chi connectivity index (χ4v) is 3.85. The van der Waals surface area contributed by atoms with Crippen LogP contribution in [0.2, 0.25) is 0 Å². The van der Waals surface area contributed by atoms with Gasteiger partial charge in [0.2, 0.25) is 5.95 Å². The van der Waals surface area contributed by atoms with Gasteiger partial charge in [0.25, 0.3) is 0 Å². The maximum absolute atomic E-state index is 14.3. The van der Waals surface area contributed by atoms with E-state index in [1.54, 1.807) is 23.5 Å². The molecule has 1 aliphatic heterocycles. The van der Waals surface area contributed by atoms with Crippen LogP contribution in [0.5, 0.6) is 0 Å². The van der Waals surface area contributed by atoms with Gasteiger partial charge in [-0.05, 0) is 6.07 Å². The number of hydrogen-bond donors (Lipinski definition) is 0. The summed E-state index contributed by atoms with van der Waals surface area (Å²) in [7, 11) is 0. The average molecular weight is 316 g/mol. The number of nitrogens with zero attached hydrogens (tertiary/aromatic N) is 4. The summed E-state index contributed by atoms with van der Waals surface area (Å²) in [5.41, 5.74) is 2.40. The van der Waals surface area contributed by atoms with Crippen molar-refractivity contribution in [3.8, 4) is 0 Å². The Morgan fingerprint density at radius 1 is 1.50 bits per heavy atom. The highest BCUT2D eigenvalue weighted by molar-refractivity contribution is 7.15. The quantitative estimate of drug-likeness (QED) is 0.548. The molecular formula is C15H13FN4OS. The van der Waals surface area contributed by atoms with Crippen LogP contribution < -0.4 is 0 Å². The predicted octanol–water partition coefficient (Wildman–Crippen LogP) is 2.08. The predicted molar refractivity (Wildman–Crippen MR) is 80.4 cm³/mol. The first-order valence-corrected chi connectivity index (χ1v) is 7.90. The third-order valence-corrected chi connectivity index (χ3v) is 4.78. The van der Waals surface area contributed by atoms with Crippen molar-refractivity contribution >= 4 is 22.6 Å². The van der Waals surface area contributed by atoms with Crippen LogP contribution in [0.25, 0.3) is 4.96 Å². The van der Waals surface area contributed by atoms with Crippen molar-refractivity contribution < 1.29 is 9.18 Å². The molecule has 0 aliphatic carbocycles. The summed E-state index contributed by atoms with van der Waals surface area (Å²) >= 11 is 1.55. The van der Waals surface area contributed by atoms with Crippen molar-refractivity contribution in [1.82, 2.24) is 19.3 Å². The molecule has 0 saturated carbocycles. The number of carbonyl (C=O) groups excluding carboxylic acids is 1. The molecule has 1 atom stereocenters. The van der Waals surface area contributed by atoms with Gasteiger partial charge in [-0.25, -0.2) is 9.97 Å². The minimum atomic E-state index is -0.499. The van der Waals surface area contributed by atoms with Crippen LogP contribution in [0.1, 0.15) is 23.0 Å². The van der Waals surface area contributed by atoms with Crippen LogP contribution in [0, 0.1) is 5.95 Å². The smallest absolute Gasteiger partial charge is 0.218 e. The molecule has 0 N–H and O–H groups in total. The van der Waals surface area contributed by atoms with Gasteiger partial charge in [-0.2, -0.15) is 4.39 Å². The van der Waals surface area contributed by atoms with E-state index in [-0.39, 0.29) is 12.6 Å². The summed E-state index contributed by atoms with van der Waals surface area (Å²) < 4.78 is 16.3. The topological polar surface area (TPSA) is 50.5 Å². The van der Waals surface area contributed by atoms with Gasteiger partial charge in [0.1, 0.15) is 6.29 Å². The number of aldehydes is 1. The maximum atomic E-state index is 14.3. The Morgan fingerprint density at radius 2 is 2.41 bits per heavy atom. The number of rotatable bonds is 3. The lowest BCUT2D eigenvalue weighted by atomic mass is 9.96. The van der Waals surface area contributed by atoms with Crippen LogP contribution in [0.4, 0.5) is 4.39 Å². The monoisotopic (exact) mass is 316 g/mol. The lowest BCUT2D eigenvalue weighted by molar-refractivity contribution is -0.109. The fourth-order valence-electron chi connectivity index (χ4n) is 3.11. The van der Waals surface area contributed by atoms with E-state index in [0.717, 1.165) is 29.1 Å². The minimum absolute atomic E-state index is 0.260. The summed E-state index contributed by atoms with van der Waals surface area (Å²) in [5.74, 6) is -0.499. The average Bonchev–Trinajstić information content (AvgIpc) is 3.09. The second-order valence-electron chi connectivity index (χ2n) is 5.20. The van der Waals surface area contributed by atoms with E-state index in [4.69, 9.17) is 0 Å². The number of fused-ring (bicyclic) bond motifs is 3. The Bertz CT molecular complexity index is 843. The van der Waals surface area contributed by atoms with Crippen molar-refractivity contribution in [2.24, 2.45) is 0 Å². The van der Waals surface area contributed by atoms with E-state index in [1.807, 2.05) is 20.9 Å². The number of thiazole rings is 1. The van der Waals surface area contributed by atoms with Crippen molar-refractivity contribution in [2.45, 2.75) is 12.5 Å². The summed E-state index contributed by atoms with van der Waals surface area (Å²) in [4.78, 5) is 22.3. The van der Waals surface area contributed by atoms with Gasteiger partial charge in [0.15, 0.2) is 4.96 Å². The molecule has 1 aliphatic rings. The molecule has 0 fully saturated rings. The Kier molecular flexibility index (Phi) is 3.24. The molecule has 7 heteroatoms. The van der Waals surface area contributed by atoms with Crippen molar-refractivity contribution in [1.29, 1.82) is 0 Å². The molecule has 3 aromatic rings. The molecule has 0 aromatic carbocycles. The first kappa shape index (κ1) is 13.5. The fraction of sp³-hybridized carbons (Fsp3) is 0.267. The van der Waals surface area contributed by atoms with Crippen LogP contribution >= 0.6 is 11.3 Å². The van der Waals surface area contributed by atoms with Crippen LogP contribution in [0.15, 0.2) is 29.9 Å². The summed E-state index contributed by atoms with van der Waals surface area (Å²) in [5, 5.41) is 1.96. The van der Waals surface area contributed by atoms with Crippen LogP contribution in [-0.2, 0) is 11.2 Å². The Labute approximate surface area is 130 Å². The van der Waals surface area contributed by atoms with Gasteiger partial charge in [0, 0.05) is 36.3 Å². The lowest BCUT2D eigenvalue weighted by Crippen LogP contribution is -2.38. The minimum Gasteiger partial charge on any atom is -0.302 e. The molecule has 5 nitrogen and oxygen atoms in total. The largest absolute Gasteiger partial charge is 0.302 e. The Morgan fingerprint density at radius 3 is 3.23 bits per heavy atom. The first-order chi connectivity index (χ1) is 10.8. The molecule has 0 bridgehead atoms. The van der Waals surface area contributed by atoms with Gasteiger partial charge in [-0.15, -0.1) is 11.3 Å². The van der Waals surface area contributed by atoms with Crippen molar-refractivity contribution in [3.05, 3.63) is 52.8 Å². The van der Waals surface area contributed by atoms with E-state index < -0.39 is 5.95 Å². The van der Waals surface area contributed by atoms with E-state index >= 15 is 0 Å². The number of aromatic nitrogens is 3. The molecule has 0 spiro atoms. The molecule has 4 rings (SSSR count). The zero-order valence-corrected chi connectivity index (χ0v) is 12.5. The third kappa shape index (κ3) is 1.97. The standard InChI is InChI=1S/C15H13FN4OS/c16-14-10(2-1-4-17-14)12-13-11(3-5-19(12)6-8-21)18-15-20(13)7-9-22-15/h1-2,4,7-9,12H,3,5-6H2. The number of hydrogen-bond acceptors (Lipinski definition) is 5. The summed E-state index contributed by atoms with van der Waals surface area (Å²) in [6.07, 6.45) is 4.99. The SMILES string of the molecule is O=CCN1CCc2nc3sccn3c2C1c1cccnc1F. The summed E-state index contributed by atoms with van der Waals surface area (Å²) in [6.45, 7) is 0.936. The van der Waals surface area contributed by atoms with Gasteiger partial charge in [0.05, 0.1) is 24.0 Å². The number of pyridine rings is 1. The number of carbonyl (C=O) groups is 1. The van der Waals surface area contributed by atoms with Gasteiger partial charge in [-0.3, -0.25) is 9.30 Å². The Balaban J connectivity index is 1.94.